The zero-order valence-electron chi connectivity index (χ0n) is 22.1. The number of nitrogens with two attached hydrogens (primary N) is 1. The molecule has 11 heteroatoms. The van der Waals surface area contributed by atoms with Crippen LogP contribution in [0.15, 0.2) is 79.3 Å². The number of aliphatic hydroxyl groups is 1. The van der Waals surface area contributed by atoms with Crippen LogP contribution in [-0.4, -0.2) is 48.5 Å². The predicted molar refractivity (Wildman–Crippen MR) is 156 cm³/mol. The quantitative estimate of drug-likeness (QED) is 0.190. The second-order valence-corrected chi connectivity index (χ2v) is 11.7. The minimum absolute atomic E-state index is 0.0206. The van der Waals surface area contributed by atoms with Crippen molar-refractivity contribution in [1.29, 1.82) is 0 Å². The average Bonchev–Trinajstić information content (AvgIpc) is 3.34. The van der Waals surface area contributed by atoms with Gasteiger partial charge in [-0.05, 0) is 35.6 Å². The Balaban J connectivity index is 1.55. The highest BCUT2D eigenvalue weighted by Crippen LogP contribution is 2.30. The summed E-state index contributed by atoms with van der Waals surface area (Å²) in [4.78, 5) is 23.7. The summed E-state index contributed by atoms with van der Waals surface area (Å²) >= 11 is 1.46. The van der Waals surface area contributed by atoms with Crippen molar-refractivity contribution < 1.29 is 22.5 Å². The number of anilines is 1. The SMILES string of the molecule is CC[C@H](COS(N)(=O)=O)[C@@H](O)CNc1ncncc1C(=O)c1cc(Cc2ccccc2)c(Cc2ccccc2)s1. The number of nitrogens with zero attached hydrogens (tertiary/aromatic N) is 2. The maximum absolute atomic E-state index is 13.7. The molecule has 9 nitrogen and oxygen atoms in total. The fraction of sp³-hybridized carbons (Fsp3) is 0.276. The van der Waals surface area contributed by atoms with Gasteiger partial charge in [-0.15, -0.1) is 11.3 Å². The maximum atomic E-state index is 13.7. The van der Waals surface area contributed by atoms with E-state index in [-0.39, 0.29) is 30.3 Å². The predicted octanol–water partition coefficient (Wildman–Crippen LogP) is 3.97. The molecule has 2 atom stereocenters. The standard InChI is InChI=1S/C29H32N4O5S2/c1-2-22(18-38-40(30,36)37)25(34)17-32-29-24(16-31-19-33-29)28(35)27-15-23(13-20-9-5-3-6-10-20)26(39-27)14-21-11-7-4-8-12-21/h3-12,15-16,19,22,25,34H,2,13-14,17-18H2,1H3,(H2,30,36,37)(H,31,32,33)/t22-,25+/m1/s1. The number of aromatic nitrogens is 2. The number of aliphatic hydroxyl groups excluding tert-OH is 1. The maximum Gasteiger partial charge on any atom is 0.333 e. The first-order chi connectivity index (χ1) is 19.2. The molecule has 4 aromatic rings. The van der Waals surface area contributed by atoms with Gasteiger partial charge in [0.2, 0.25) is 5.78 Å². The van der Waals surface area contributed by atoms with E-state index >= 15 is 0 Å². The second-order valence-electron chi connectivity index (χ2n) is 9.39. The monoisotopic (exact) mass is 580 g/mol. The van der Waals surface area contributed by atoms with Gasteiger partial charge in [-0.3, -0.25) is 8.98 Å². The molecular weight excluding hydrogens is 548 g/mol. The van der Waals surface area contributed by atoms with Gasteiger partial charge >= 0.3 is 10.3 Å². The third-order valence-corrected chi connectivity index (χ3v) is 8.16. The molecule has 0 aliphatic rings. The van der Waals surface area contributed by atoms with E-state index in [9.17, 15) is 18.3 Å². The van der Waals surface area contributed by atoms with Crippen molar-refractivity contribution in [3.63, 3.8) is 0 Å². The first-order valence-electron chi connectivity index (χ1n) is 12.9. The molecule has 4 rings (SSSR count). The number of nitrogens with one attached hydrogen (secondary N) is 1. The Kier molecular flexibility index (Phi) is 10.1. The van der Waals surface area contributed by atoms with Crippen molar-refractivity contribution >= 4 is 33.2 Å². The van der Waals surface area contributed by atoms with E-state index in [1.807, 2.05) is 42.5 Å². The van der Waals surface area contributed by atoms with Gasteiger partial charge in [0, 0.05) is 30.0 Å². The van der Waals surface area contributed by atoms with Crippen molar-refractivity contribution in [3.05, 3.63) is 111 Å². The van der Waals surface area contributed by atoms with Gasteiger partial charge in [0.1, 0.15) is 12.1 Å². The Bertz CT molecular complexity index is 1450. The summed E-state index contributed by atoms with van der Waals surface area (Å²) < 4.78 is 26.9. The molecule has 2 aromatic carbocycles. The van der Waals surface area contributed by atoms with Crippen LogP contribution >= 0.6 is 11.3 Å². The van der Waals surface area contributed by atoms with Gasteiger partial charge in [-0.2, -0.15) is 8.42 Å². The van der Waals surface area contributed by atoms with Crippen LogP contribution in [0.25, 0.3) is 0 Å². The third-order valence-electron chi connectivity index (χ3n) is 6.52. The molecular formula is C29H32N4O5S2. The minimum Gasteiger partial charge on any atom is -0.391 e. The number of ketones is 1. The fourth-order valence-electron chi connectivity index (χ4n) is 4.30. The van der Waals surface area contributed by atoms with Crippen molar-refractivity contribution in [1.82, 2.24) is 9.97 Å². The summed E-state index contributed by atoms with van der Waals surface area (Å²) in [7, 11) is -4.12. The van der Waals surface area contributed by atoms with Gasteiger partial charge in [-0.1, -0.05) is 67.6 Å². The van der Waals surface area contributed by atoms with E-state index in [1.165, 1.54) is 23.9 Å². The lowest BCUT2D eigenvalue weighted by molar-refractivity contribution is 0.0839. The molecule has 210 valence electrons. The van der Waals surface area contributed by atoms with Crippen LogP contribution in [0.5, 0.6) is 0 Å². The van der Waals surface area contributed by atoms with Crippen molar-refractivity contribution in [3.8, 4) is 0 Å². The van der Waals surface area contributed by atoms with Crippen LogP contribution in [0, 0.1) is 5.92 Å². The first kappa shape index (κ1) is 29.5. The smallest absolute Gasteiger partial charge is 0.333 e. The van der Waals surface area contributed by atoms with E-state index in [0.29, 0.717) is 24.1 Å². The number of thiophene rings is 1. The van der Waals surface area contributed by atoms with Gasteiger partial charge in [0.15, 0.2) is 0 Å². The van der Waals surface area contributed by atoms with Gasteiger partial charge in [0.05, 0.1) is 23.2 Å². The lowest BCUT2D eigenvalue weighted by Gasteiger charge is -2.21. The van der Waals surface area contributed by atoms with E-state index < -0.39 is 22.3 Å². The number of carbonyl (C=O) groups is 1. The molecule has 0 amide bonds. The van der Waals surface area contributed by atoms with Crippen LogP contribution in [0.4, 0.5) is 5.82 Å². The largest absolute Gasteiger partial charge is 0.391 e. The molecule has 0 aliphatic heterocycles. The summed E-state index contributed by atoms with van der Waals surface area (Å²) in [5.74, 6) is -0.435. The number of hydrogen-bond acceptors (Lipinski definition) is 9. The highest BCUT2D eigenvalue weighted by Gasteiger charge is 2.23. The summed E-state index contributed by atoms with van der Waals surface area (Å²) in [6, 6.07) is 22.2. The summed E-state index contributed by atoms with van der Waals surface area (Å²) in [6.07, 6.45) is 3.68. The molecule has 0 aliphatic carbocycles. The number of rotatable bonds is 14. The molecule has 0 spiro atoms. The lowest BCUT2D eigenvalue weighted by atomic mass is 10.0. The van der Waals surface area contributed by atoms with E-state index in [0.717, 1.165) is 21.6 Å². The van der Waals surface area contributed by atoms with Gasteiger partial charge in [-0.25, -0.2) is 15.1 Å². The van der Waals surface area contributed by atoms with E-state index in [2.05, 4.69) is 43.7 Å². The number of benzene rings is 2. The summed E-state index contributed by atoms with van der Waals surface area (Å²) in [6.45, 7) is 1.57. The molecule has 4 N–H and O–H groups in total. The van der Waals surface area contributed by atoms with E-state index in [1.54, 1.807) is 6.92 Å². The third kappa shape index (κ3) is 8.26. The summed E-state index contributed by atoms with van der Waals surface area (Å²) in [5.41, 5.74) is 3.69. The van der Waals surface area contributed by atoms with Crippen LogP contribution in [0.1, 0.15) is 50.1 Å². The van der Waals surface area contributed by atoms with Crippen molar-refractivity contribution in [2.45, 2.75) is 32.3 Å². The van der Waals surface area contributed by atoms with E-state index in [4.69, 9.17) is 5.14 Å². The van der Waals surface area contributed by atoms with Crippen LogP contribution in [-0.2, 0) is 27.3 Å². The molecule has 40 heavy (non-hydrogen) atoms. The Morgan fingerprint density at radius 3 is 2.35 bits per heavy atom. The molecule has 0 saturated carbocycles. The fourth-order valence-corrected chi connectivity index (χ4v) is 5.83. The minimum atomic E-state index is -4.12. The molecule has 0 saturated heterocycles. The molecule has 2 aromatic heterocycles. The average molecular weight is 581 g/mol. The zero-order valence-corrected chi connectivity index (χ0v) is 23.7. The number of carbonyl (C=O) groups excluding carboxylic acids is 1. The normalized spacial score (nSPS) is 13.1. The van der Waals surface area contributed by atoms with Crippen LogP contribution < -0.4 is 10.5 Å². The second kappa shape index (κ2) is 13.7. The zero-order chi connectivity index (χ0) is 28.5. The Morgan fingerprint density at radius 2 is 1.73 bits per heavy atom. The molecule has 0 unspecified atom stereocenters. The molecule has 2 heterocycles. The van der Waals surface area contributed by atoms with Gasteiger partial charge < -0.3 is 10.4 Å². The highest BCUT2D eigenvalue weighted by atomic mass is 32.2. The number of hydrogen-bond donors (Lipinski definition) is 3. The lowest BCUT2D eigenvalue weighted by Crippen LogP contribution is -2.33. The molecule has 0 radical (unpaired) electrons. The molecule has 0 fully saturated rings. The van der Waals surface area contributed by atoms with Crippen LogP contribution in [0.2, 0.25) is 0 Å². The van der Waals surface area contributed by atoms with Crippen LogP contribution in [0.3, 0.4) is 0 Å². The van der Waals surface area contributed by atoms with Gasteiger partial charge in [0.25, 0.3) is 0 Å². The Hall–Kier alpha value is -3.48. The highest BCUT2D eigenvalue weighted by molar-refractivity contribution is 7.84. The first-order valence-corrected chi connectivity index (χ1v) is 15.2. The van der Waals surface area contributed by atoms with Crippen molar-refractivity contribution in [2.24, 2.45) is 11.1 Å². The Labute approximate surface area is 238 Å². The summed E-state index contributed by atoms with van der Waals surface area (Å²) in [5, 5.41) is 18.6. The Morgan fingerprint density at radius 1 is 1.07 bits per heavy atom. The topological polar surface area (TPSA) is 144 Å². The molecule has 0 bridgehead atoms. The van der Waals surface area contributed by atoms with Crippen molar-refractivity contribution in [2.75, 3.05) is 18.5 Å².